The third-order valence-electron chi connectivity index (χ3n) is 4.95. The SMILES string of the molecule is Cc1cc(C(N)=O)ccc1-c1ccc(-c2nc(-c3ccc(Cl)c(Cl)c3)cs2)cc1OC(=O)O. The molecule has 33 heavy (non-hydrogen) atoms. The number of primary amides is 1. The highest BCUT2D eigenvalue weighted by Gasteiger charge is 2.16. The molecule has 0 aliphatic rings. The van der Waals surface area contributed by atoms with Crippen LogP contribution in [-0.4, -0.2) is 22.2 Å². The van der Waals surface area contributed by atoms with Gasteiger partial charge in [-0.1, -0.05) is 41.4 Å². The van der Waals surface area contributed by atoms with E-state index in [1.165, 1.54) is 11.3 Å². The summed E-state index contributed by atoms with van der Waals surface area (Å²) in [5, 5.41) is 12.7. The van der Waals surface area contributed by atoms with E-state index >= 15 is 0 Å². The number of hydrogen-bond donors (Lipinski definition) is 2. The maximum absolute atomic E-state index is 11.5. The van der Waals surface area contributed by atoms with Gasteiger partial charge < -0.3 is 15.6 Å². The third-order valence-corrected chi connectivity index (χ3v) is 6.58. The van der Waals surface area contributed by atoms with E-state index in [2.05, 4.69) is 4.98 Å². The van der Waals surface area contributed by atoms with Crippen LogP contribution in [0.2, 0.25) is 10.0 Å². The average Bonchev–Trinajstić information content (AvgIpc) is 3.26. The number of benzene rings is 3. The topological polar surface area (TPSA) is 103 Å². The minimum absolute atomic E-state index is 0.154. The summed E-state index contributed by atoms with van der Waals surface area (Å²) in [5.41, 5.74) is 9.98. The van der Waals surface area contributed by atoms with Gasteiger partial charge in [-0.15, -0.1) is 11.3 Å². The van der Waals surface area contributed by atoms with Crippen molar-refractivity contribution in [1.29, 1.82) is 0 Å². The maximum atomic E-state index is 11.5. The number of carbonyl (C=O) groups is 2. The van der Waals surface area contributed by atoms with Gasteiger partial charge in [0, 0.05) is 27.6 Å². The molecule has 0 radical (unpaired) electrons. The Labute approximate surface area is 203 Å². The molecule has 0 saturated carbocycles. The second-order valence-electron chi connectivity index (χ2n) is 7.14. The lowest BCUT2D eigenvalue weighted by molar-refractivity contribution is 0.1000. The zero-order chi connectivity index (χ0) is 23.7. The van der Waals surface area contributed by atoms with Crippen LogP contribution in [-0.2, 0) is 0 Å². The van der Waals surface area contributed by atoms with Crippen LogP contribution < -0.4 is 10.5 Å². The number of thiazole rings is 1. The molecule has 166 valence electrons. The summed E-state index contributed by atoms with van der Waals surface area (Å²) in [6.45, 7) is 1.81. The average molecular weight is 499 g/mol. The fourth-order valence-electron chi connectivity index (χ4n) is 3.37. The Morgan fingerprint density at radius 3 is 2.36 bits per heavy atom. The van der Waals surface area contributed by atoms with Gasteiger partial charge in [-0.25, -0.2) is 9.78 Å². The minimum Gasteiger partial charge on any atom is -0.449 e. The van der Waals surface area contributed by atoms with E-state index in [-0.39, 0.29) is 5.75 Å². The lowest BCUT2D eigenvalue weighted by Crippen LogP contribution is -2.11. The van der Waals surface area contributed by atoms with Crippen LogP contribution >= 0.6 is 34.5 Å². The quantitative estimate of drug-likeness (QED) is 0.229. The molecule has 0 unspecified atom stereocenters. The first-order valence-corrected chi connectivity index (χ1v) is 11.2. The standard InChI is InChI=1S/C24H16Cl2N2O4S/c1-12-8-14(22(27)29)2-5-16(12)17-6-3-15(10-21(17)32-24(30)31)23-28-20(11-33-23)13-4-7-18(25)19(26)9-13/h2-11H,1H3,(H2,27,29)(H,30,31). The van der Waals surface area contributed by atoms with Crippen LogP contribution in [0.3, 0.4) is 0 Å². The monoisotopic (exact) mass is 498 g/mol. The Kier molecular flexibility index (Phi) is 6.37. The molecule has 0 saturated heterocycles. The summed E-state index contributed by atoms with van der Waals surface area (Å²) in [6, 6.07) is 15.5. The van der Waals surface area contributed by atoms with Crippen LogP contribution in [0.5, 0.6) is 5.75 Å². The predicted molar refractivity (Wildman–Crippen MR) is 130 cm³/mol. The normalized spacial score (nSPS) is 10.8. The molecule has 0 aliphatic carbocycles. The van der Waals surface area contributed by atoms with Crippen LogP contribution in [0.25, 0.3) is 33.0 Å². The molecule has 0 atom stereocenters. The van der Waals surface area contributed by atoms with E-state index < -0.39 is 12.1 Å². The van der Waals surface area contributed by atoms with Gasteiger partial charge in [-0.2, -0.15) is 0 Å². The number of ether oxygens (including phenoxy) is 1. The Morgan fingerprint density at radius 2 is 1.70 bits per heavy atom. The molecule has 1 amide bonds. The zero-order valence-corrected chi connectivity index (χ0v) is 19.5. The molecule has 0 fully saturated rings. The highest BCUT2D eigenvalue weighted by atomic mass is 35.5. The summed E-state index contributed by atoms with van der Waals surface area (Å²) in [6.07, 6.45) is -1.43. The highest BCUT2D eigenvalue weighted by Crippen LogP contribution is 2.38. The van der Waals surface area contributed by atoms with Crippen molar-refractivity contribution in [3.63, 3.8) is 0 Å². The molecule has 0 aliphatic heterocycles. The minimum atomic E-state index is -1.43. The van der Waals surface area contributed by atoms with Crippen molar-refractivity contribution >= 4 is 46.6 Å². The second-order valence-corrected chi connectivity index (χ2v) is 8.81. The van der Waals surface area contributed by atoms with Crippen molar-refractivity contribution in [1.82, 2.24) is 4.98 Å². The molecule has 3 N–H and O–H groups in total. The number of nitrogens with two attached hydrogens (primary N) is 1. The van der Waals surface area contributed by atoms with Crippen molar-refractivity contribution < 1.29 is 19.4 Å². The number of nitrogens with zero attached hydrogens (tertiary/aromatic N) is 1. The number of carbonyl (C=O) groups excluding carboxylic acids is 1. The predicted octanol–water partition coefficient (Wildman–Crippen LogP) is 6.92. The molecule has 9 heteroatoms. The Hall–Kier alpha value is -3.39. The van der Waals surface area contributed by atoms with Crippen molar-refractivity contribution in [2.45, 2.75) is 6.92 Å². The molecule has 0 bridgehead atoms. The van der Waals surface area contributed by atoms with E-state index in [1.807, 2.05) is 24.4 Å². The first-order chi connectivity index (χ1) is 15.7. The molecular weight excluding hydrogens is 483 g/mol. The van der Waals surface area contributed by atoms with E-state index in [0.717, 1.165) is 22.4 Å². The lowest BCUT2D eigenvalue weighted by Gasteiger charge is -2.13. The molecule has 4 rings (SSSR count). The Balaban J connectivity index is 1.75. The zero-order valence-electron chi connectivity index (χ0n) is 17.1. The first kappa shape index (κ1) is 22.8. The number of hydrogen-bond acceptors (Lipinski definition) is 5. The van der Waals surface area contributed by atoms with Crippen molar-refractivity contribution in [2.75, 3.05) is 0 Å². The molecule has 6 nitrogen and oxygen atoms in total. The number of halogens is 2. The second kappa shape index (κ2) is 9.23. The van der Waals surface area contributed by atoms with Crippen molar-refractivity contribution in [2.24, 2.45) is 5.73 Å². The fraction of sp³-hybridized carbons (Fsp3) is 0.0417. The molecule has 0 spiro atoms. The molecule has 3 aromatic carbocycles. The summed E-state index contributed by atoms with van der Waals surface area (Å²) in [7, 11) is 0. The van der Waals surface area contributed by atoms with Gasteiger partial charge in [0.1, 0.15) is 10.8 Å². The smallest absolute Gasteiger partial charge is 0.449 e. The summed E-state index contributed by atoms with van der Waals surface area (Å²) < 4.78 is 5.08. The summed E-state index contributed by atoms with van der Waals surface area (Å²) in [5.74, 6) is -0.384. The van der Waals surface area contributed by atoms with Gasteiger partial charge in [-0.3, -0.25) is 4.79 Å². The van der Waals surface area contributed by atoms with Crippen LogP contribution in [0.1, 0.15) is 15.9 Å². The third kappa shape index (κ3) is 4.85. The van der Waals surface area contributed by atoms with Crippen LogP contribution in [0, 0.1) is 6.92 Å². The van der Waals surface area contributed by atoms with Crippen LogP contribution in [0.4, 0.5) is 4.79 Å². The highest BCUT2D eigenvalue weighted by molar-refractivity contribution is 7.13. The first-order valence-electron chi connectivity index (χ1n) is 9.60. The largest absolute Gasteiger partial charge is 0.511 e. The van der Waals surface area contributed by atoms with E-state index in [1.54, 1.807) is 42.5 Å². The van der Waals surface area contributed by atoms with Crippen molar-refractivity contribution in [3.8, 4) is 38.7 Å². The molecule has 1 heterocycles. The van der Waals surface area contributed by atoms with Gasteiger partial charge in [0.05, 0.1) is 15.7 Å². The molecule has 1 aromatic heterocycles. The van der Waals surface area contributed by atoms with Gasteiger partial charge in [0.25, 0.3) is 0 Å². The number of carboxylic acid groups (broad SMARTS) is 1. The fourth-order valence-corrected chi connectivity index (χ4v) is 4.49. The summed E-state index contributed by atoms with van der Waals surface area (Å²) in [4.78, 5) is 27.5. The lowest BCUT2D eigenvalue weighted by atomic mass is 9.96. The number of aryl methyl sites for hydroxylation is 1. The van der Waals surface area contributed by atoms with E-state index in [4.69, 9.17) is 33.7 Å². The number of rotatable bonds is 5. The maximum Gasteiger partial charge on any atom is 0.511 e. The Bertz CT molecular complexity index is 1400. The Morgan fingerprint density at radius 1 is 0.970 bits per heavy atom. The molecule has 4 aromatic rings. The van der Waals surface area contributed by atoms with Crippen molar-refractivity contribution in [3.05, 3.63) is 81.1 Å². The number of amides is 1. The van der Waals surface area contributed by atoms with Gasteiger partial charge in [0.2, 0.25) is 5.91 Å². The van der Waals surface area contributed by atoms with Gasteiger partial charge in [0.15, 0.2) is 0 Å². The van der Waals surface area contributed by atoms with Gasteiger partial charge in [-0.05, 0) is 54.4 Å². The van der Waals surface area contributed by atoms with E-state index in [0.29, 0.717) is 31.7 Å². The van der Waals surface area contributed by atoms with E-state index in [9.17, 15) is 14.7 Å². The van der Waals surface area contributed by atoms with Crippen LogP contribution in [0.15, 0.2) is 60.0 Å². The number of aromatic nitrogens is 1. The summed E-state index contributed by atoms with van der Waals surface area (Å²) >= 11 is 13.5. The molecular formula is C24H16Cl2N2O4S. The van der Waals surface area contributed by atoms with Gasteiger partial charge >= 0.3 is 6.16 Å².